The lowest BCUT2D eigenvalue weighted by molar-refractivity contribution is 0.215. The van der Waals surface area contributed by atoms with Crippen LogP contribution in [0.3, 0.4) is 0 Å². The summed E-state index contributed by atoms with van der Waals surface area (Å²) < 4.78 is 2.04. The zero-order valence-electron chi connectivity index (χ0n) is 9.10. The highest BCUT2D eigenvalue weighted by molar-refractivity contribution is 4.90. The summed E-state index contributed by atoms with van der Waals surface area (Å²) in [5, 5.41) is 9.05. The van der Waals surface area contributed by atoms with Gasteiger partial charge in [-0.15, -0.1) is 0 Å². The molecule has 0 radical (unpaired) electrons. The number of imidazole rings is 1. The topological polar surface area (TPSA) is 41.3 Å². The van der Waals surface area contributed by atoms with Crippen molar-refractivity contribution in [3.63, 3.8) is 0 Å². The number of hydrogen-bond donors (Lipinski definition) is 1. The fourth-order valence-electron chi connectivity index (χ4n) is 2.13. The van der Waals surface area contributed by atoms with E-state index in [1.54, 1.807) is 6.20 Å². The van der Waals surface area contributed by atoms with Crippen molar-refractivity contribution in [2.45, 2.75) is 32.4 Å². The largest absolute Gasteiger partial charge is 0.388 e. The van der Waals surface area contributed by atoms with Gasteiger partial charge in [-0.2, -0.15) is 0 Å². The van der Waals surface area contributed by atoms with Crippen molar-refractivity contribution in [3.05, 3.63) is 18.2 Å². The molecule has 0 spiro atoms. The minimum Gasteiger partial charge on any atom is -0.388 e. The van der Waals surface area contributed by atoms with Gasteiger partial charge in [0.2, 0.25) is 0 Å². The third kappa shape index (κ3) is 2.79. The zero-order chi connectivity index (χ0) is 10.5. The van der Waals surface area contributed by atoms with Crippen molar-refractivity contribution in [1.82, 2.24) is 14.5 Å². The molecule has 4 heteroatoms. The van der Waals surface area contributed by atoms with Crippen LogP contribution in [0.15, 0.2) is 12.4 Å². The summed E-state index contributed by atoms with van der Waals surface area (Å²) in [7, 11) is 0. The SMILES string of the molecule is OCc1nccn1CCN1CCCCC1. The van der Waals surface area contributed by atoms with Crippen molar-refractivity contribution in [2.24, 2.45) is 0 Å². The van der Waals surface area contributed by atoms with E-state index >= 15 is 0 Å². The number of likely N-dealkylation sites (tertiary alicyclic amines) is 1. The van der Waals surface area contributed by atoms with Gasteiger partial charge in [0.15, 0.2) is 0 Å². The number of aliphatic hydroxyl groups is 1. The Hall–Kier alpha value is -0.870. The standard InChI is InChI=1S/C11H19N3O/c15-10-11-12-4-7-14(11)9-8-13-5-2-1-3-6-13/h4,7,15H,1-3,5-6,8-10H2. The summed E-state index contributed by atoms with van der Waals surface area (Å²) in [5.74, 6) is 0.770. The third-order valence-corrected chi connectivity index (χ3v) is 3.05. The van der Waals surface area contributed by atoms with Crippen molar-refractivity contribution in [3.8, 4) is 0 Å². The van der Waals surface area contributed by atoms with E-state index in [1.807, 2.05) is 10.8 Å². The molecular formula is C11H19N3O. The Morgan fingerprint density at radius 3 is 2.73 bits per heavy atom. The first-order chi connectivity index (χ1) is 7.40. The Morgan fingerprint density at radius 1 is 1.20 bits per heavy atom. The molecule has 84 valence electrons. The molecule has 1 saturated heterocycles. The quantitative estimate of drug-likeness (QED) is 0.799. The van der Waals surface area contributed by atoms with Gasteiger partial charge >= 0.3 is 0 Å². The first-order valence-corrected chi connectivity index (χ1v) is 5.73. The van der Waals surface area contributed by atoms with Crippen molar-refractivity contribution >= 4 is 0 Å². The molecule has 1 N–H and O–H groups in total. The van der Waals surface area contributed by atoms with Crippen LogP contribution in [0, 0.1) is 0 Å². The molecular weight excluding hydrogens is 190 g/mol. The number of rotatable bonds is 4. The highest BCUT2D eigenvalue weighted by atomic mass is 16.3. The highest BCUT2D eigenvalue weighted by Crippen LogP contribution is 2.08. The Morgan fingerprint density at radius 2 is 2.00 bits per heavy atom. The van der Waals surface area contributed by atoms with Gasteiger partial charge in [0.05, 0.1) is 0 Å². The van der Waals surface area contributed by atoms with E-state index in [0.29, 0.717) is 0 Å². The Kier molecular flexibility index (Phi) is 3.75. The van der Waals surface area contributed by atoms with Gasteiger partial charge in [0.1, 0.15) is 12.4 Å². The molecule has 0 bridgehead atoms. The van der Waals surface area contributed by atoms with Crippen molar-refractivity contribution in [2.75, 3.05) is 19.6 Å². The summed E-state index contributed by atoms with van der Waals surface area (Å²) in [4.78, 5) is 6.58. The number of aliphatic hydroxyl groups excluding tert-OH is 1. The summed E-state index contributed by atoms with van der Waals surface area (Å²) in [5.41, 5.74) is 0. The van der Waals surface area contributed by atoms with Crippen molar-refractivity contribution in [1.29, 1.82) is 0 Å². The second-order valence-corrected chi connectivity index (χ2v) is 4.10. The molecule has 4 nitrogen and oxygen atoms in total. The van der Waals surface area contributed by atoms with Crippen LogP contribution in [0.1, 0.15) is 25.1 Å². The van der Waals surface area contributed by atoms with Crippen LogP contribution in [0.25, 0.3) is 0 Å². The van der Waals surface area contributed by atoms with E-state index in [0.717, 1.165) is 18.9 Å². The number of aromatic nitrogens is 2. The average Bonchev–Trinajstić information content (AvgIpc) is 2.75. The monoisotopic (exact) mass is 209 g/mol. The van der Waals surface area contributed by atoms with E-state index in [4.69, 9.17) is 5.11 Å². The van der Waals surface area contributed by atoms with Gasteiger partial charge in [-0.05, 0) is 25.9 Å². The van der Waals surface area contributed by atoms with Crippen LogP contribution >= 0.6 is 0 Å². The first kappa shape index (κ1) is 10.6. The van der Waals surface area contributed by atoms with E-state index in [9.17, 15) is 0 Å². The van der Waals surface area contributed by atoms with Gasteiger partial charge < -0.3 is 14.6 Å². The molecule has 1 aliphatic rings. The second-order valence-electron chi connectivity index (χ2n) is 4.10. The maximum atomic E-state index is 9.05. The van der Waals surface area contributed by atoms with Crippen LogP contribution in [-0.2, 0) is 13.2 Å². The van der Waals surface area contributed by atoms with E-state index in [-0.39, 0.29) is 6.61 Å². The normalized spacial score (nSPS) is 18.2. The summed E-state index contributed by atoms with van der Waals surface area (Å²) in [6.07, 6.45) is 7.73. The lowest BCUT2D eigenvalue weighted by Gasteiger charge is -2.26. The van der Waals surface area contributed by atoms with E-state index in [1.165, 1.54) is 32.4 Å². The Bertz CT molecular complexity index is 292. The van der Waals surface area contributed by atoms with E-state index < -0.39 is 0 Å². The predicted molar refractivity (Wildman–Crippen MR) is 58.4 cm³/mol. The van der Waals surface area contributed by atoms with Crippen LogP contribution < -0.4 is 0 Å². The number of nitrogens with zero attached hydrogens (tertiary/aromatic N) is 3. The minimum absolute atomic E-state index is 0.0347. The molecule has 15 heavy (non-hydrogen) atoms. The summed E-state index contributed by atoms with van der Waals surface area (Å²) in [6, 6.07) is 0. The number of piperidine rings is 1. The lowest BCUT2D eigenvalue weighted by atomic mass is 10.1. The van der Waals surface area contributed by atoms with E-state index in [2.05, 4.69) is 9.88 Å². The molecule has 0 aromatic carbocycles. The Labute approximate surface area is 90.5 Å². The molecule has 1 aromatic rings. The maximum Gasteiger partial charge on any atom is 0.134 e. The predicted octanol–water partition coefficient (Wildman–Crippen LogP) is 0.861. The van der Waals surface area contributed by atoms with Crippen molar-refractivity contribution < 1.29 is 5.11 Å². The second kappa shape index (κ2) is 5.28. The number of hydrogen-bond acceptors (Lipinski definition) is 3. The maximum absolute atomic E-state index is 9.05. The zero-order valence-corrected chi connectivity index (χ0v) is 9.10. The third-order valence-electron chi connectivity index (χ3n) is 3.05. The van der Waals surface area contributed by atoms with Crippen LogP contribution in [0.2, 0.25) is 0 Å². The summed E-state index contributed by atoms with van der Waals surface area (Å²) in [6.45, 7) is 4.50. The smallest absolute Gasteiger partial charge is 0.134 e. The minimum atomic E-state index is 0.0347. The van der Waals surface area contributed by atoms with Gasteiger partial charge in [-0.1, -0.05) is 6.42 Å². The molecule has 0 aliphatic carbocycles. The molecule has 2 rings (SSSR count). The fourth-order valence-corrected chi connectivity index (χ4v) is 2.13. The molecule has 0 amide bonds. The molecule has 0 saturated carbocycles. The fraction of sp³-hybridized carbons (Fsp3) is 0.727. The van der Waals surface area contributed by atoms with Crippen LogP contribution in [0.5, 0.6) is 0 Å². The molecule has 1 fully saturated rings. The molecule has 0 unspecified atom stereocenters. The van der Waals surface area contributed by atoms with Crippen LogP contribution in [0.4, 0.5) is 0 Å². The summed E-state index contributed by atoms with van der Waals surface area (Å²) >= 11 is 0. The highest BCUT2D eigenvalue weighted by Gasteiger charge is 2.10. The molecule has 1 aromatic heterocycles. The molecule has 1 aliphatic heterocycles. The van der Waals surface area contributed by atoms with Gasteiger partial charge in [0, 0.05) is 25.5 Å². The first-order valence-electron chi connectivity index (χ1n) is 5.73. The lowest BCUT2D eigenvalue weighted by Crippen LogP contribution is -2.32. The average molecular weight is 209 g/mol. The van der Waals surface area contributed by atoms with Gasteiger partial charge in [-0.25, -0.2) is 4.98 Å². The van der Waals surface area contributed by atoms with Gasteiger partial charge in [-0.3, -0.25) is 0 Å². The van der Waals surface area contributed by atoms with Crippen LogP contribution in [-0.4, -0.2) is 39.2 Å². The van der Waals surface area contributed by atoms with Gasteiger partial charge in [0.25, 0.3) is 0 Å². The molecule has 2 heterocycles. The Balaban J connectivity index is 1.81. The molecule has 0 atom stereocenters.